The Balaban J connectivity index is 1.38. The Morgan fingerprint density at radius 3 is 2.43 bits per heavy atom. The number of hydrogen-bond donors (Lipinski definition) is 1. The Morgan fingerprint density at radius 1 is 1.00 bits per heavy atom. The number of nitrogens with one attached hydrogen (secondary N) is 1. The molecule has 2 aromatic carbocycles. The maximum absolute atomic E-state index is 14.2. The van der Waals surface area contributed by atoms with E-state index in [9.17, 15) is 9.18 Å². The normalized spacial score (nSPS) is 13.6. The van der Waals surface area contributed by atoms with E-state index in [1.165, 1.54) is 6.07 Å². The highest BCUT2D eigenvalue weighted by Crippen LogP contribution is 2.26. The minimum absolute atomic E-state index is 0.119. The number of piperazine rings is 1. The van der Waals surface area contributed by atoms with Crippen molar-refractivity contribution in [3.63, 3.8) is 0 Å². The largest absolute Gasteiger partial charge is 0.383 e. The van der Waals surface area contributed by atoms with Gasteiger partial charge in [0.25, 0.3) is 5.91 Å². The summed E-state index contributed by atoms with van der Waals surface area (Å²) in [6, 6.07) is 16.4. The molecule has 37 heavy (non-hydrogen) atoms. The van der Waals surface area contributed by atoms with Crippen LogP contribution in [0.5, 0.6) is 0 Å². The molecule has 1 aromatic heterocycles. The van der Waals surface area contributed by atoms with Crippen LogP contribution >= 0.6 is 11.8 Å². The van der Waals surface area contributed by atoms with Crippen molar-refractivity contribution >= 4 is 29.2 Å². The molecule has 0 saturated carbocycles. The molecule has 1 aliphatic rings. The topological polar surface area (TPSA) is 79.8 Å². The molecular formula is C27H32FN5O3S. The molecule has 3 aromatic rings. The van der Waals surface area contributed by atoms with Crippen LogP contribution in [0.2, 0.25) is 0 Å². The minimum Gasteiger partial charge on any atom is -0.383 e. The first-order chi connectivity index (χ1) is 18.1. The number of amides is 1. The summed E-state index contributed by atoms with van der Waals surface area (Å²) < 4.78 is 24.5. The first-order valence-electron chi connectivity index (χ1n) is 12.2. The molecule has 0 unspecified atom stereocenters. The number of para-hydroxylation sites is 1. The third-order valence-corrected chi connectivity index (χ3v) is 6.93. The number of halogens is 1. The van der Waals surface area contributed by atoms with E-state index in [-0.39, 0.29) is 11.7 Å². The van der Waals surface area contributed by atoms with Crippen LogP contribution in [-0.4, -0.2) is 69.4 Å². The number of rotatable bonds is 11. The second-order valence-corrected chi connectivity index (χ2v) is 9.54. The highest BCUT2D eigenvalue weighted by atomic mass is 32.2. The fourth-order valence-corrected chi connectivity index (χ4v) is 4.89. The summed E-state index contributed by atoms with van der Waals surface area (Å²) in [5.41, 5.74) is 3.13. The lowest BCUT2D eigenvalue weighted by Gasteiger charge is -2.37. The van der Waals surface area contributed by atoms with E-state index in [2.05, 4.69) is 20.1 Å². The molecule has 196 valence electrons. The average molecular weight is 526 g/mol. The predicted octanol–water partition coefficient (Wildman–Crippen LogP) is 3.76. The molecule has 8 nitrogen and oxygen atoms in total. The van der Waals surface area contributed by atoms with E-state index < -0.39 is 0 Å². The van der Waals surface area contributed by atoms with Gasteiger partial charge in [-0.3, -0.25) is 4.79 Å². The maximum Gasteiger partial charge on any atom is 0.251 e. The first kappa shape index (κ1) is 26.8. The van der Waals surface area contributed by atoms with Crippen LogP contribution in [-0.2, 0) is 21.8 Å². The fraction of sp³-hybridized carbons (Fsp3) is 0.370. The van der Waals surface area contributed by atoms with Crippen LogP contribution in [0.1, 0.15) is 21.6 Å². The first-order valence-corrected chi connectivity index (χ1v) is 13.2. The van der Waals surface area contributed by atoms with Crippen molar-refractivity contribution in [1.82, 2.24) is 15.3 Å². The molecule has 1 amide bonds. The lowest BCUT2D eigenvalue weighted by molar-refractivity contribution is 0.0937. The second kappa shape index (κ2) is 13.4. The third-order valence-electron chi connectivity index (χ3n) is 6.01. The molecular weight excluding hydrogens is 493 g/mol. The summed E-state index contributed by atoms with van der Waals surface area (Å²) in [6.45, 7) is 4.22. The van der Waals surface area contributed by atoms with Crippen molar-refractivity contribution in [3.05, 3.63) is 77.2 Å². The number of aromatic nitrogens is 2. The van der Waals surface area contributed by atoms with Crippen molar-refractivity contribution in [3.8, 4) is 0 Å². The van der Waals surface area contributed by atoms with Gasteiger partial charge in [-0.1, -0.05) is 36.0 Å². The smallest absolute Gasteiger partial charge is 0.251 e. The molecule has 0 spiro atoms. The molecule has 2 heterocycles. The molecule has 0 bridgehead atoms. The van der Waals surface area contributed by atoms with Gasteiger partial charge in [-0.05, 0) is 29.8 Å². The number of nitrogens with zero attached hydrogens (tertiary/aromatic N) is 4. The summed E-state index contributed by atoms with van der Waals surface area (Å²) in [5, 5.41) is 3.49. The molecule has 1 fully saturated rings. The number of anilines is 2. The number of carbonyl (C=O) groups excluding carboxylic acids is 1. The van der Waals surface area contributed by atoms with Crippen LogP contribution in [0.3, 0.4) is 0 Å². The molecule has 0 atom stereocenters. The molecule has 1 saturated heterocycles. The van der Waals surface area contributed by atoms with Gasteiger partial charge in [0.15, 0.2) is 5.16 Å². The van der Waals surface area contributed by atoms with Crippen LogP contribution in [0.15, 0.2) is 59.8 Å². The van der Waals surface area contributed by atoms with E-state index in [0.717, 1.165) is 30.2 Å². The van der Waals surface area contributed by atoms with Gasteiger partial charge in [-0.2, -0.15) is 0 Å². The van der Waals surface area contributed by atoms with Crippen molar-refractivity contribution in [2.24, 2.45) is 0 Å². The fourth-order valence-electron chi connectivity index (χ4n) is 4.06. The SMILES string of the molecule is COCCNC(=O)c1ccc(CSc2nc(COC)cc(N3CCN(c4ccccc4F)CC3)n2)cc1. The van der Waals surface area contributed by atoms with Gasteiger partial charge < -0.3 is 24.6 Å². The lowest BCUT2D eigenvalue weighted by Crippen LogP contribution is -2.47. The van der Waals surface area contributed by atoms with E-state index in [1.54, 1.807) is 32.0 Å². The average Bonchev–Trinajstić information content (AvgIpc) is 2.93. The second-order valence-electron chi connectivity index (χ2n) is 8.59. The van der Waals surface area contributed by atoms with E-state index in [4.69, 9.17) is 14.5 Å². The van der Waals surface area contributed by atoms with Gasteiger partial charge in [0.2, 0.25) is 0 Å². The predicted molar refractivity (Wildman–Crippen MR) is 144 cm³/mol. The van der Waals surface area contributed by atoms with Crippen molar-refractivity contribution < 1.29 is 18.7 Å². The number of benzene rings is 2. The highest BCUT2D eigenvalue weighted by Gasteiger charge is 2.21. The summed E-state index contributed by atoms with van der Waals surface area (Å²) in [6.07, 6.45) is 0. The third kappa shape index (κ3) is 7.41. The maximum atomic E-state index is 14.2. The Labute approximate surface area is 221 Å². The summed E-state index contributed by atoms with van der Waals surface area (Å²) in [7, 11) is 3.25. The molecule has 0 aliphatic carbocycles. The lowest BCUT2D eigenvalue weighted by atomic mass is 10.1. The number of ether oxygens (including phenoxy) is 2. The van der Waals surface area contributed by atoms with E-state index in [1.807, 2.05) is 42.5 Å². The summed E-state index contributed by atoms with van der Waals surface area (Å²) in [4.78, 5) is 25.9. The standard InChI is InChI=1S/C27H32FN5O3S/c1-35-16-11-29-26(34)21-9-7-20(8-10-21)19-37-27-30-22(18-36-2)17-25(31-27)33-14-12-32(13-15-33)24-6-4-3-5-23(24)28/h3-10,17H,11-16,18-19H2,1-2H3,(H,29,34). The minimum atomic E-state index is -0.196. The van der Waals surface area contributed by atoms with Crippen molar-refractivity contribution in [2.75, 3.05) is 63.4 Å². The van der Waals surface area contributed by atoms with Crippen LogP contribution < -0.4 is 15.1 Å². The Hall–Kier alpha value is -3.21. The van der Waals surface area contributed by atoms with Gasteiger partial charge >= 0.3 is 0 Å². The highest BCUT2D eigenvalue weighted by molar-refractivity contribution is 7.98. The van der Waals surface area contributed by atoms with E-state index in [0.29, 0.717) is 55.0 Å². The zero-order chi connectivity index (χ0) is 26.0. The molecule has 1 N–H and O–H groups in total. The monoisotopic (exact) mass is 525 g/mol. The molecule has 1 aliphatic heterocycles. The Kier molecular flexibility index (Phi) is 9.70. The summed E-state index contributed by atoms with van der Waals surface area (Å²) in [5.74, 6) is 1.20. The Bertz CT molecular complexity index is 1170. The Morgan fingerprint density at radius 2 is 1.73 bits per heavy atom. The van der Waals surface area contributed by atoms with Gasteiger partial charge in [-0.25, -0.2) is 14.4 Å². The van der Waals surface area contributed by atoms with E-state index >= 15 is 0 Å². The number of carbonyl (C=O) groups is 1. The van der Waals surface area contributed by atoms with Crippen LogP contribution in [0, 0.1) is 5.82 Å². The summed E-state index contributed by atoms with van der Waals surface area (Å²) >= 11 is 1.54. The van der Waals surface area contributed by atoms with Gasteiger partial charge in [0.05, 0.1) is 24.6 Å². The molecule has 4 rings (SSSR count). The molecule has 0 radical (unpaired) electrons. The van der Waals surface area contributed by atoms with Gasteiger partial charge in [-0.15, -0.1) is 0 Å². The van der Waals surface area contributed by atoms with Crippen LogP contribution in [0.4, 0.5) is 15.9 Å². The zero-order valence-corrected chi connectivity index (χ0v) is 22.0. The quantitative estimate of drug-likeness (QED) is 0.230. The number of thioether (sulfide) groups is 1. The zero-order valence-electron chi connectivity index (χ0n) is 21.2. The number of methoxy groups -OCH3 is 2. The van der Waals surface area contributed by atoms with Gasteiger partial charge in [0.1, 0.15) is 11.6 Å². The van der Waals surface area contributed by atoms with Crippen LogP contribution in [0.25, 0.3) is 0 Å². The van der Waals surface area contributed by atoms with Gasteiger partial charge in [0, 0.05) is 64.3 Å². The number of hydrogen-bond acceptors (Lipinski definition) is 8. The molecule has 10 heteroatoms. The van der Waals surface area contributed by atoms with Crippen molar-refractivity contribution in [1.29, 1.82) is 0 Å². The van der Waals surface area contributed by atoms with Crippen molar-refractivity contribution in [2.45, 2.75) is 17.5 Å².